The number of amides is 1. The molecule has 0 saturated heterocycles. The Hall–Kier alpha value is -1.51. The second-order valence-corrected chi connectivity index (χ2v) is 5.42. The van der Waals surface area contributed by atoms with Crippen LogP contribution in [0.3, 0.4) is 0 Å². The average Bonchev–Trinajstić information content (AvgIpc) is 2.46. The molecule has 0 bridgehead atoms. The summed E-state index contributed by atoms with van der Waals surface area (Å²) in [6.07, 6.45) is 6.08. The van der Waals surface area contributed by atoms with Gasteiger partial charge in [0.25, 0.3) is 0 Å². The maximum Gasteiger partial charge on any atom is 0.239 e. The van der Waals surface area contributed by atoms with E-state index in [1.165, 1.54) is 19.3 Å². The van der Waals surface area contributed by atoms with E-state index in [1.807, 2.05) is 30.3 Å². The first-order valence-electron chi connectivity index (χ1n) is 7.36. The maximum absolute atomic E-state index is 11.9. The monoisotopic (exact) mass is 260 g/mol. The molecule has 2 rings (SSSR count). The molecule has 1 aromatic carbocycles. The zero-order chi connectivity index (χ0) is 13.5. The minimum absolute atomic E-state index is 0.102. The van der Waals surface area contributed by atoms with Crippen molar-refractivity contribution < 1.29 is 4.79 Å². The van der Waals surface area contributed by atoms with E-state index in [4.69, 9.17) is 0 Å². The van der Waals surface area contributed by atoms with Crippen LogP contribution in [0.4, 0.5) is 5.69 Å². The number of hydrogen-bond donors (Lipinski definition) is 2. The van der Waals surface area contributed by atoms with Crippen LogP contribution in [0.5, 0.6) is 0 Å². The molecular formula is C16H24N2O. The fraction of sp³-hybridized carbons (Fsp3) is 0.562. The van der Waals surface area contributed by atoms with E-state index in [9.17, 15) is 4.79 Å². The van der Waals surface area contributed by atoms with Crippen LogP contribution < -0.4 is 10.6 Å². The third kappa shape index (κ3) is 4.58. The SMILES string of the molecule is CCC1CCCC(NC(=O)CNc2ccccc2)C1. The Morgan fingerprint density at radius 1 is 1.26 bits per heavy atom. The number of nitrogens with one attached hydrogen (secondary N) is 2. The summed E-state index contributed by atoms with van der Waals surface area (Å²) in [4.78, 5) is 11.9. The summed E-state index contributed by atoms with van der Waals surface area (Å²) >= 11 is 0. The quantitative estimate of drug-likeness (QED) is 0.853. The number of benzene rings is 1. The normalized spacial score (nSPS) is 22.8. The van der Waals surface area contributed by atoms with E-state index >= 15 is 0 Å². The van der Waals surface area contributed by atoms with Crippen LogP contribution in [-0.4, -0.2) is 18.5 Å². The summed E-state index contributed by atoms with van der Waals surface area (Å²) in [7, 11) is 0. The van der Waals surface area contributed by atoms with Gasteiger partial charge in [-0.25, -0.2) is 0 Å². The van der Waals surface area contributed by atoms with Gasteiger partial charge in [0.05, 0.1) is 6.54 Å². The molecule has 2 N–H and O–H groups in total. The van der Waals surface area contributed by atoms with E-state index in [1.54, 1.807) is 0 Å². The Labute approximate surface area is 115 Å². The fourth-order valence-corrected chi connectivity index (χ4v) is 2.81. The molecule has 2 atom stereocenters. The van der Waals surface area contributed by atoms with Crippen LogP contribution in [-0.2, 0) is 4.79 Å². The predicted molar refractivity (Wildman–Crippen MR) is 79.1 cm³/mol. The molecule has 1 aliphatic carbocycles. The average molecular weight is 260 g/mol. The number of carbonyl (C=O) groups is 1. The zero-order valence-electron chi connectivity index (χ0n) is 11.7. The summed E-state index contributed by atoms with van der Waals surface area (Å²) in [5.74, 6) is 0.895. The molecule has 3 nitrogen and oxygen atoms in total. The van der Waals surface area contributed by atoms with Crippen molar-refractivity contribution in [2.24, 2.45) is 5.92 Å². The number of anilines is 1. The number of carbonyl (C=O) groups excluding carboxylic acids is 1. The molecular weight excluding hydrogens is 236 g/mol. The highest BCUT2D eigenvalue weighted by Gasteiger charge is 2.21. The predicted octanol–water partition coefficient (Wildman–Crippen LogP) is 3.18. The van der Waals surface area contributed by atoms with Gasteiger partial charge in [-0.2, -0.15) is 0 Å². The highest BCUT2D eigenvalue weighted by atomic mass is 16.1. The summed E-state index contributed by atoms with van der Waals surface area (Å²) < 4.78 is 0. The van der Waals surface area contributed by atoms with E-state index < -0.39 is 0 Å². The van der Waals surface area contributed by atoms with Crippen molar-refractivity contribution in [3.63, 3.8) is 0 Å². The van der Waals surface area contributed by atoms with Crippen molar-refractivity contribution in [2.75, 3.05) is 11.9 Å². The first-order valence-corrected chi connectivity index (χ1v) is 7.36. The van der Waals surface area contributed by atoms with Gasteiger partial charge in [-0.1, -0.05) is 44.4 Å². The lowest BCUT2D eigenvalue weighted by Gasteiger charge is -2.29. The first-order chi connectivity index (χ1) is 9.28. The second kappa shape index (κ2) is 7.17. The van der Waals surface area contributed by atoms with Gasteiger partial charge < -0.3 is 10.6 Å². The van der Waals surface area contributed by atoms with Gasteiger partial charge in [-0.3, -0.25) is 4.79 Å². The Morgan fingerprint density at radius 3 is 2.79 bits per heavy atom. The molecule has 0 aromatic heterocycles. The molecule has 2 unspecified atom stereocenters. The van der Waals surface area contributed by atoms with Gasteiger partial charge in [0.1, 0.15) is 0 Å². The molecule has 19 heavy (non-hydrogen) atoms. The molecule has 0 heterocycles. The Morgan fingerprint density at radius 2 is 2.05 bits per heavy atom. The molecule has 1 aliphatic rings. The summed E-state index contributed by atoms with van der Waals surface area (Å²) in [5, 5.41) is 6.30. The van der Waals surface area contributed by atoms with E-state index in [0.29, 0.717) is 12.6 Å². The smallest absolute Gasteiger partial charge is 0.239 e. The minimum atomic E-state index is 0.102. The second-order valence-electron chi connectivity index (χ2n) is 5.42. The third-order valence-electron chi connectivity index (χ3n) is 3.95. The van der Waals surface area contributed by atoms with Crippen LogP contribution in [0.25, 0.3) is 0 Å². The van der Waals surface area contributed by atoms with Gasteiger partial charge in [0, 0.05) is 11.7 Å². The highest BCUT2D eigenvalue weighted by molar-refractivity contribution is 5.80. The molecule has 1 saturated carbocycles. The van der Waals surface area contributed by atoms with Crippen molar-refractivity contribution in [3.8, 4) is 0 Å². The lowest BCUT2D eigenvalue weighted by Crippen LogP contribution is -2.41. The molecule has 104 valence electrons. The highest BCUT2D eigenvalue weighted by Crippen LogP contribution is 2.26. The van der Waals surface area contributed by atoms with Crippen LogP contribution in [0.1, 0.15) is 39.0 Å². The molecule has 1 fully saturated rings. The number of para-hydroxylation sites is 1. The van der Waals surface area contributed by atoms with Gasteiger partial charge in [0.15, 0.2) is 0 Å². The summed E-state index contributed by atoms with van der Waals surface area (Å²) in [6.45, 7) is 2.60. The van der Waals surface area contributed by atoms with Gasteiger partial charge in [-0.05, 0) is 30.9 Å². The largest absolute Gasteiger partial charge is 0.376 e. The molecule has 0 radical (unpaired) electrons. The van der Waals surface area contributed by atoms with Gasteiger partial charge in [-0.15, -0.1) is 0 Å². The van der Waals surface area contributed by atoms with Crippen molar-refractivity contribution in [3.05, 3.63) is 30.3 Å². The van der Waals surface area contributed by atoms with E-state index in [0.717, 1.165) is 24.4 Å². The Bertz CT molecular complexity index is 391. The van der Waals surface area contributed by atoms with Crippen LogP contribution in [0.2, 0.25) is 0 Å². The molecule has 0 spiro atoms. The van der Waals surface area contributed by atoms with Crippen molar-refractivity contribution in [1.82, 2.24) is 5.32 Å². The standard InChI is InChI=1S/C16H24N2O/c1-2-13-7-6-10-15(11-13)18-16(19)12-17-14-8-4-3-5-9-14/h3-5,8-9,13,15,17H,2,6-7,10-12H2,1H3,(H,18,19). The Kier molecular flexibility index (Phi) is 5.25. The van der Waals surface area contributed by atoms with Crippen molar-refractivity contribution >= 4 is 11.6 Å². The van der Waals surface area contributed by atoms with Gasteiger partial charge >= 0.3 is 0 Å². The van der Waals surface area contributed by atoms with Crippen molar-refractivity contribution in [2.45, 2.75) is 45.1 Å². The van der Waals surface area contributed by atoms with E-state index in [2.05, 4.69) is 17.6 Å². The lowest BCUT2D eigenvalue weighted by molar-refractivity contribution is -0.120. The molecule has 1 aromatic rings. The molecule has 0 aliphatic heterocycles. The number of hydrogen-bond acceptors (Lipinski definition) is 2. The lowest BCUT2D eigenvalue weighted by atomic mass is 9.84. The summed E-state index contributed by atoms with van der Waals surface area (Å²) in [6, 6.07) is 10.2. The van der Waals surface area contributed by atoms with E-state index in [-0.39, 0.29) is 5.91 Å². The van der Waals surface area contributed by atoms with Gasteiger partial charge in [0.2, 0.25) is 5.91 Å². The topological polar surface area (TPSA) is 41.1 Å². The summed E-state index contributed by atoms with van der Waals surface area (Å²) in [5.41, 5.74) is 0.993. The minimum Gasteiger partial charge on any atom is -0.376 e. The molecule has 1 amide bonds. The van der Waals surface area contributed by atoms with Crippen LogP contribution in [0.15, 0.2) is 30.3 Å². The first kappa shape index (κ1) is 13.9. The molecule has 3 heteroatoms. The zero-order valence-corrected chi connectivity index (χ0v) is 11.7. The van der Waals surface area contributed by atoms with Crippen LogP contribution in [0, 0.1) is 5.92 Å². The third-order valence-corrected chi connectivity index (χ3v) is 3.95. The maximum atomic E-state index is 11.9. The number of rotatable bonds is 5. The Balaban J connectivity index is 1.72. The fourth-order valence-electron chi connectivity index (χ4n) is 2.81. The van der Waals surface area contributed by atoms with Crippen LogP contribution >= 0.6 is 0 Å². The van der Waals surface area contributed by atoms with Crippen molar-refractivity contribution in [1.29, 1.82) is 0 Å².